The van der Waals surface area contributed by atoms with Crippen molar-refractivity contribution in [3.8, 4) is 23.0 Å². The van der Waals surface area contributed by atoms with E-state index in [0.717, 1.165) is 22.8 Å². The Labute approximate surface area is 199 Å². The monoisotopic (exact) mass is 476 g/mol. The quantitative estimate of drug-likeness (QED) is 0.316. The van der Waals surface area contributed by atoms with Crippen LogP contribution in [0, 0.1) is 20.4 Å². The lowest BCUT2D eigenvalue weighted by Crippen LogP contribution is -2.25. The summed E-state index contributed by atoms with van der Waals surface area (Å²) >= 11 is 0. The van der Waals surface area contributed by atoms with E-state index in [-0.39, 0.29) is 18.2 Å². The minimum atomic E-state index is -4.86. The molecule has 4 rings (SSSR count). The third-order valence-electron chi connectivity index (χ3n) is 5.42. The number of hydrogen-bond donors (Lipinski definition) is 0. The number of nitrogens with zero attached hydrogens (tertiary/aromatic N) is 4. The van der Waals surface area contributed by atoms with E-state index in [4.69, 9.17) is 11.3 Å². The molecule has 4 aromatic rings. The van der Waals surface area contributed by atoms with Crippen molar-refractivity contribution in [3.05, 3.63) is 111 Å². The van der Waals surface area contributed by atoms with E-state index >= 15 is 0 Å². The van der Waals surface area contributed by atoms with Gasteiger partial charge in [0.15, 0.2) is 0 Å². The van der Waals surface area contributed by atoms with E-state index in [0.29, 0.717) is 11.3 Å². The summed E-state index contributed by atoms with van der Waals surface area (Å²) in [6, 6.07) is 14.4. The SMILES string of the molecule is [C-]#[N+]c1c(C(F)(F)F)cc(-c2ccc(Oc3ncccn3)cc2)n(Cc2ccc(C)cc2C)c1=O. The Hall–Kier alpha value is -4.45. The second-order valence-electron chi connectivity index (χ2n) is 7.88. The van der Waals surface area contributed by atoms with Gasteiger partial charge in [-0.2, -0.15) is 13.2 Å². The number of alkyl halides is 3. The molecule has 0 aliphatic heterocycles. The van der Waals surface area contributed by atoms with Crippen molar-refractivity contribution in [1.29, 1.82) is 0 Å². The lowest BCUT2D eigenvalue weighted by atomic mass is 10.0. The zero-order chi connectivity index (χ0) is 25.2. The van der Waals surface area contributed by atoms with Crippen molar-refractivity contribution in [2.75, 3.05) is 0 Å². The van der Waals surface area contributed by atoms with E-state index in [2.05, 4.69) is 14.8 Å². The fourth-order valence-electron chi connectivity index (χ4n) is 3.69. The third kappa shape index (κ3) is 5.06. The lowest BCUT2D eigenvalue weighted by Gasteiger charge is -2.19. The van der Waals surface area contributed by atoms with Crippen molar-refractivity contribution in [2.45, 2.75) is 26.6 Å². The molecule has 0 atom stereocenters. The first-order valence-corrected chi connectivity index (χ1v) is 10.5. The highest BCUT2D eigenvalue weighted by Gasteiger charge is 2.36. The first-order chi connectivity index (χ1) is 16.7. The summed E-state index contributed by atoms with van der Waals surface area (Å²) < 4.78 is 48.0. The zero-order valence-electron chi connectivity index (χ0n) is 18.8. The molecule has 0 aliphatic rings. The van der Waals surface area contributed by atoms with Crippen LogP contribution in [0.4, 0.5) is 18.9 Å². The largest absolute Gasteiger partial charge is 0.424 e. The second-order valence-corrected chi connectivity index (χ2v) is 7.88. The predicted molar refractivity (Wildman–Crippen MR) is 125 cm³/mol. The van der Waals surface area contributed by atoms with Crippen LogP contribution in [0.3, 0.4) is 0 Å². The van der Waals surface area contributed by atoms with E-state index in [1.165, 1.54) is 17.0 Å². The van der Waals surface area contributed by atoms with Crippen LogP contribution in [0.2, 0.25) is 0 Å². The Bertz CT molecular complexity index is 1470. The molecule has 0 bridgehead atoms. The Morgan fingerprint density at radius 1 is 1.03 bits per heavy atom. The van der Waals surface area contributed by atoms with Crippen molar-refractivity contribution >= 4 is 5.69 Å². The minimum Gasteiger partial charge on any atom is -0.424 e. The number of aryl methyl sites for hydroxylation is 2. The van der Waals surface area contributed by atoms with Gasteiger partial charge in [0.1, 0.15) is 5.75 Å². The van der Waals surface area contributed by atoms with Gasteiger partial charge in [-0.15, -0.1) is 0 Å². The van der Waals surface area contributed by atoms with Gasteiger partial charge in [0.05, 0.1) is 18.7 Å². The van der Waals surface area contributed by atoms with Crippen molar-refractivity contribution in [1.82, 2.24) is 14.5 Å². The summed E-state index contributed by atoms with van der Waals surface area (Å²) in [5.41, 5.74) is -0.148. The molecule has 176 valence electrons. The van der Waals surface area contributed by atoms with Gasteiger partial charge in [-0.1, -0.05) is 23.8 Å². The topological polar surface area (TPSA) is 61.4 Å². The minimum absolute atomic E-state index is 0.0110. The fourth-order valence-corrected chi connectivity index (χ4v) is 3.69. The average Bonchev–Trinajstić information content (AvgIpc) is 2.82. The van der Waals surface area contributed by atoms with Crippen LogP contribution in [0.5, 0.6) is 11.8 Å². The summed E-state index contributed by atoms with van der Waals surface area (Å²) in [5, 5.41) is 0. The molecule has 0 amide bonds. The van der Waals surface area contributed by atoms with E-state index < -0.39 is 23.0 Å². The van der Waals surface area contributed by atoms with E-state index in [9.17, 15) is 18.0 Å². The Morgan fingerprint density at radius 3 is 2.31 bits per heavy atom. The molecule has 0 unspecified atom stereocenters. The summed E-state index contributed by atoms with van der Waals surface area (Å²) in [6.45, 7) is 11.0. The molecule has 9 heteroatoms. The summed E-state index contributed by atoms with van der Waals surface area (Å²) in [6.07, 6.45) is -1.83. The maximum absolute atomic E-state index is 13.8. The summed E-state index contributed by atoms with van der Waals surface area (Å²) in [4.78, 5) is 24.0. The van der Waals surface area contributed by atoms with Gasteiger partial charge in [-0.3, -0.25) is 4.79 Å². The lowest BCUT2D eigenvalue weighted by molar-refractivity contribution is -0.136. The van der Waals surface area contributed by atoms with Crippen LogP contribution < -0.4 is 10.3 Å². The van der Waals surface area contributed by atoms with Crippen LogP contribution in [0.1, 0.15) is 22.3 Å². The Balaban J connectivity index is 1.84. The predicted octanol–water partition coefficient (Wildman–Crippen LogP) is 6.33. The van der Waals surface area contributed by atoms with Crippen LogP contribution in [0.25, 0.3) is 16.1 Å². The number of hydrogen-bond acceptors (Lipinski definition) is 4. The maximum atomic E-state index is 13.8. The van der Waals surface area contributed by atoms with Gasteiger partial charge in [0, 0.05) is 18.1 Å². The van der Waals surface area contributed by atoms with Gasteiger partial charge in [-0.25, -0.2) is 14.8 Å². The molecule has 35 heavy (non-hydrogen) atoms. The highest BCUT2D eigenvalue weighted by Crippen LogP contribution is 2.37. The molecule has 0 N–H and O–H groups in total. The van der Waals surface area contributed by atoms with Gasteiger partial charge < -0.3 is 9.30 Å². The molecule has 2 aromatic carbocycles. The van der Waals surface area contributed by atoms with Crippen LogP contribution in [-0.4, -0.2) is 14.5 Å². The second kappa shape index (κ2) is 9.43. The van der Waals surface area contributed by atoms with Crippen molar-refractivity contribution in [3.63, 3.8) is 0 Å². The summed E-state index contributed by atoms with van der Waals surface area (Å²) in [7, 11) is 0. The third-order valence-corrected chi connectivity index (χ3v) is 5.42. The molecular weight excluding hydrogens is 457 g/mol. The standard InChI is InChI=1S/C26H19F3N4O2/c1-16-5-6-19(17(2)13-16)15-33-22(14-21(26(27,28)29)23(30-3)24(33)34)18-7-9-20(10-8-18)35-25-31-11-4-12-32-25/h4-14H,15H2,1-2H3. The van der Waals surface area contributed by atoms with Gasteiger partial charge in [0.2, 0.25) is 0 Å². The Kier molecular flexibility index (Phi) is 6.38. The number of benzene rings is 2. The zero-order valence-corrected chi connectivity index (χ0v) is 18.8. The first-order valence-electron chi connectivity index (χ1n) is 10.5. The smallest absolute Gasteiger partial charge is 0.407 e. The summed E-state index contributed by atoms with van der Waals surface area (Å²) in [5.74, 6) is 0.372. The number of ether oxygens (including phenoxy) is 1. The normalized spacial score (nSPS) is 11.2. The Morgan fingerprint density at radius 2 is 1.71 bits per heavy atom. The molecular formula is C26H19F3N4O2. The highest BCUT2D eigenvalue weighted by molar-refractivity contribution is 5.66. The fraction of sp³-hybridized carbons (Fsp3) is 0.154. The first kappa shape index (κ1) is 23.7. The number of halogens is 3. The molecule has 0 fully saturated rings. The molecule has 2 heterocycles. The van der Waals surface area contributed by atoms with Gasteiger partial charge in [0.25, 0.3) is 11.2 Å². The van der Waals surface area contributed by atoms with E-state index in [1.54, 1.807) is 30.3 Å². The molecule has 0 saturated heterocycles. The number of rotatable bonds is 5. The van der Waals surface area contributed by atoms with Crippen molar-refractivity contribution < 1.29 is 17.9 Å². The molecule has 0 saturated carbocycles. The molecule has 0 radical (unpaired) electrons. The highest BCUT2D eigenvalue weighted by atomic mass is 19.4. The molecule has 6 nitrogen and oxygen atoms in total. The van der Waals surface area contributed by atoms with E-state index in [1.807, 2.05) is 32.0 Å². The number of pyridine rings is 1. The van der Waals surface area contributed by atoms with Crippen molar-refractivity contribution in [2.24, 2.45) is 0 Å². The van der Waals surface area contributed by atoms with Crippen LogP contribution in [-0.2, 0) is 12.7 Å². The number of aromatic nitrogens is 3. The van der Waals surface area contributed by atoms with Gasteiger partial charge in [-0.05, 0) is 66.9 Å². The average molecular weight is 476 g/mol. The van der Waals surface area contributed by atoms with Gasteiger partial charge >= 0.3 is 12.2 Å². The molecule has 0 spiro atoms. The molecule has 0 aliphatic carbocycles. The van der Waals surface area contributed by atoms with Crippen LogP contribution >= 0.6 is 0 Å². The molecule has 2 aromatic heterocycles. The van der Waals surface area contributed by atoms with Crippen LogP contribution in [0.15, 0.2) is 71.8 Å². The maximum Gasteiger partial charge on any atom is 0.407 e.